The van der Waals surface area contributed by atoms with Crippen LogP contribution in [0.3, 0.4) is 0 Å². The number of aromatic nitrogens is 2. The molecule has 13 heteroatoms. The van der Waals surface area contributed by atoms with Gasteiger partial charge in [-0.1, -0.05) is 18.2 Å². The third-order valence-electron chi connectivity index (χ3n) is 10.1. The van der Waals surface area contributed by atoms with Crippen LogP contribution < -0.4 is 28.6 Å². The summed E-state index contributed by atoms with van der Waals surface area (Å²) in [7, 11) is 6.45. The van der Waals surface area contributed by atoms with Crippen molar-refractivity contribution in [2.24, 2.45) is 0 Å². The Kier molecular flexibility index (Phi) is 10.9. The molecule has 1 saturated heterocycles. The van der Waals surface area contributed by atoms with Gasteiger partial charge in [-0.05, 0) is 80.0 Å². The molecule has 7 rings (SSSR count). The molecule has 280 valence electrons. The predicted octanol–water partition coefficient (Wildman–Crippen LogP) is 5.38. The number of amides is 1. The number of hydrogen-bond acceptors (Lipinski definition) is 11. The van der Waals surface area contributed by atoms with E-state index in [0.29, 0.717) is 41.7 Å². The number of imidazole rings is 1. The van der Waals surface area contributed by atoms with E-state index in [-0.39, 0.29) is 25.2 Å². The predicted molar refractivity (Wildman–Crippen MR) is 200 cm³/mol. The van der Waals surface area contributed by atoms with Crippen LogP contribution in [0.1, 0.15) is 46.2 Å². The van der Waals surface area contributed by atoms with E-state index in [9.17, 15) is 9.90 Å². The maximum atomic E-state index is 13.9. The van der Waals surface area contributed by atoms with Crippen molar-refractivity contribution < 1.29 is 38.0 Å². The van der Waals surface area contributed by atoms with Crippen molar-refractivity contribution in [3.8, 4) is 28.7 Å². The van der Waals surface area contributed by atoms with Crippen LogP contribution >= 0.6 is 0 Å². The minimum Gasteiger partial charge on any atom is -0.493 e. The number of furan rings is 1. The van der Waals surface area contributed by atoms with Gasteiger partial charge in [-0.2, -0.15) is 0 Å². The number of aliphatic hydroxyl groups is 1. The van der Waals surface area contributed by atoms with Crippen molar-refractivity contribution >= 4 is 22.9 Å². The second kappa shape index (κ2) is 16.1. The second-order valence-electron chi connectivity index (χ2n) is 13.4. The van der Waals surface area contributed by atoms with Gasteiger partial charge in [0.2, 0.25) is 18.5 Å². The first kappa shape index (κ1) is 36.0. The number of carbonyl (C=O) groups is 1. The lowest BCUT2D eigenvalue weighted by molar-refractivity contribution is 0.0782. The van der Waals surface area contributed by atoms with Gasteiger partial charge >= 0.3 is 0 Å². The molecule has 5 aromatic rings. The first-order valence-electron chi connectivity index (χ1n) is 17.9. The number of aliphatic hydroxyl groups excluding tert-OH is 1. The lowest BCUT2D eigenvalue weighted by Crippen LogP contribution is -2.35. The van der Waals surface area contributed by atoms with Crippen LogP contribution in [0.25, 0.3) is 11.0 Å². The van der Waals surface area contributed by atoms with E-state index in [4.69, 9.17) is 33.1 Å². The fourth-order valence-corrected chi connectivity index (χ4v) is 7.31. The fourth-order valence-electron chi connectivity index (χ4n) is 7.31. The van der Waals surface area contributed by atoms with Crippen LogP contribution in [-0.2, 0) is 13.2 Å². The number of fused-ring (bicyclic) bond motifs is 2. The molecule has 1 N–H and O–H groups in total. The topological polar surface area (TPSA) is 124 Å². The molecule has 0 spiro atoms. The molecular weight excluding hydrogens is 678 g/mol. The summed E-state index contributed by atoms with van der Waals surface area (Å²) in [4.78, 5) is 25.6. The maximum Gasteiger partial charge on any atom is 0.253 e. The average molecular weight is 726 g/mol. The number of hydrogen-bond donors (Lipinski definition) is 1. The van der Waals surface area contributed by atoms with Crippen LogP contribution in [0.4, 0.5) is 5.95 Å². The number of anilines is 1. The fraction of sp³-hybridized carbons (Fsp3) is 0.400. The van der Waals surface area contributed by atoms with Crippen LogP contribution in [0.2, 0.25) is 0 Å². The van der Waals surface area contributed by atoms with Gasteiger partial charge in [0.25, 0.3) is 5.91 Å². The Morgan fingerprint density at radius 3 is 2.43 bits per heavy atom. The van der Waals surface area contributed by atoms with Crippen LogP contribution in [0.5, 0.6) is 28.7 Å². The Morgan fingerprint density at radius 1 is 0.906 bits per heavy atom. The van der Waals surface area contributed by atoms with Gasteiger partial charge in [0, 0.05) is 44.7 Å². The minimum absolute atomic E-state index is 0.0288. The SMILES string of the molecule is COc1cc(C(=O)N(C)CC(CCN2CCCN(c3nc4ccccc4n3Cc3ccc(CO)o3)CC2)c2ccc3c(c2)OCO3)cc(OC)c1OC. The number of ether oxygens (including phenoxy) is 5. The van der Waals surface area contributed by atoms with E-state index < -0.39 is 0 Å². The third kappa shape index (κ3) is 7.72. The zero-order valence-electron chi connectivity index (χ0n) is 30.7. The van der Waals surface area contributed by atoms with Gasteiger partial charge in [0.05, 0.1) is 38.9 Å². The molecular formula is C40H47N5O8. The standard InChI is InChI=1S/C40H47N5O8/c1-42(39(47)29-21-36(48-2)38(50-4)37(22-29)49-3)23-28(27-10-13-34-35(20-27)52-26-51-34)14-17-43-15-7-16-44(19-18-43)40-41-32-8-5-6-9-33(32)45(40)24-30-11-12-31(25-46)53-30/h5-6,8-13,20-22,28,46H,7,14-19,23-26H2,1-4H3. The number of nitrogens with zero attached hydrogens (tertiary/aromatic N) is 5. The smallest absolute Gasteiger partial charge is 0.253 e. The molecule has 13 nitrogen and oxygen atoms in total. The Bertz CT molecular complexity index is 2020. The normalized spacial score (nSPS) is 15.0. The molecule has 1 fully saturated rings. The van der Waals surface area contributed by atoms with Gasteiger partial charge < -0.3 is 52.5 Å². The summed E-state index contributed by atoms with van der Waals surface area (Å²) < 4.78 is 35.9. The van der Waals surface area contributed by atoms with Crippen molar-refractivity contribution in [1.82, 2.24) is 19.4 Å². The Labute approximate surface area is 309 Å². The highest BCUT2D eigenvalue weighted by Crippen LogP contribution is 2.39. The molecule has 2 aromatic heterocycles. The highest BCUT2D eigenvalue weighted by atomic mass is 16.7. The molecule has 0 aliphatic carbocycles. The molecule has 1 amide bonds. The highest BCUT2D eigenvalue weighted by molar-refractivity contribution is 5.95. The molecule has 1 atom stereocenters. The molecule has 1 unspecified atom stereocenters. The summed E-state index contributed by atoms with van der Waals surface area (Å²) in [6.07, 6.45) is 1.81. The molecule has 3 aromatic carbocycles. The van der Waals surface area contributed by atoms with Gasteiger partial charge in [0.1, 0.15) is 18.1 Å². The number of para-hydroxylation sites is 2. The maximum absolute atomic E-state index is 13.9. The lowest BCUT2D eigenvalue weighted by atomic mass is 9.94. The number of rotatable bonds is 14. The number of benzene rings is 3. The van der Waals surface area contributed by atoms with Crippen LogP contribution in [0.15, 0.2) is 71.1 Å². The molecule has 53 heavy (non-hydrogen) atoms. The van der Waals surface area contributed by atoms with Gasteiger partial charge in [-0.15, -0.1) is 0 Å². The summed E-state index contributed by atoms with van der Waals surface area (Å²) in [5, 5.41) is 9.54. The van der Waals surface area contributed by atoms with Crippen molar-refractivity contribution in [3.05, 3.63) is 89.4 Å². The molecule has 0 saturated carbocycles. The van der Waals surface area contributed by atoms with E-state index in [0.717, 1.165) is 85.4 Å². The quantitative estimate of drug-likeness (QED) is 0.159. The van der Waals surface area contributed by atoms with Crippen molar-refractivity contribution in [2.45, 2.75) is 31.9 Å². The molecule has 2 aliphatic heterocycles. The van der Waals surface area contributed by atoms with E-state index in [1.165, 1.54) is 14.2 Å². The lowest BCUT2D eigenvalue weighted by Gasteiger charge is -2.28. The van der Waals surface area contributed by atoms with E-state index >= 15 is 0 Å². The molecule has 0 bridgehead atoms. The van der Waals surface area contributed by atoms with Crippen LogP contribution in [-0.4, -0.2) is 105 Å². The van der Waals surface area contributed by atoms with Crippen LogP contribution in [0, 0.1) is 0 Å². The summed E-state index contributed by atoms with van der Waals surface area (Å²) in [6, 6.07) is 21.4. The van der Waals surface area contributed by atoms with Gasteiger partial charge in [-0.25, -0.2) is 4.98 Å². The van der Waals surface area contributed by atoms with Crippen molar-refractivity contribution in [1.29, 1.82) is 0 Å². The summed E-state index contributed by atoms with van der Waals surface area (Å²) >= 11 is 0. The first-order valence-corrected chi connectivity index (χ1v) is 17.9. The Balaban J connectivity index is 1.07. The zero-order valence-corrected chi connectivity index (χ0v) is 30.7. The molecule has 4 heterocycles. The number of methoxy groups -OCH3 is 3. The molecule has 2 aliphatic rings. The number of likely N-dealkylation sites (N-methyl/N-ethyl adjacent to an activating group) is 1. The van der Waals surface area contributed by atoms with Gasteiger partial charge in [-0.3, -0.25) is 4.79 Å². The number of carbonyl (C=O) groups excluding carboxylic acids is 1. The largest absolute Gasteiger partial charge is 0.493 e. The van der Waals surface area contributed by atoms with Gasteiger partial charge in [0.15, 0.2) is 23.0 Å². The Morgan fingerprint density at radius 2 is 1.68 bits per heavy atom. The highest BCUT2D eigenvalue weighted by Gasteiger charge is 2.26. The van der Waals surface area contributed by atoms with E-state index in [1.54, 1.807) is 24.1 Å². The van der Waals surface area contributed by atoms with Crippen molar-refractivity contribution in [2.75, 3.05) is 79.3 Å². The summed E-state index contributed by atoms with van der Waals surface area (Å²) in [5.41, 5.74) is 3.52. The first-order chi connectivity index (χ1) is 25.9. The summed E-state index contributed by atoms with van der Waals surface area (Å²) in [5.74, 6) is 4.87. The van der Waals surface area contributed by atoms with Crippen molar-refractivity contribution in [3.63, 3.8) is 0 Å². The third-order valence-corrected chi connectivity index (χ3v) is 10.1. The second-order valence-corrected chi connectivity index (χ2v) is 13.4. The van der Waals surface area contributed by atoms with E-state index in [2.05, 4.69) is 26.5 Å². The zero-order chi connectivity index (χ0) is 36.9. The van der Waals surface area contributed by atoms with E-state index in [1.807, 2.05) is 49.5 Å². The minimum atomic E-state index is -0.148. The molecule has 0 radical (unpaired) electrons. The monoisotopic (exact) mass is 725 g/mol. The average Bonchev–Trinajstić information content (AvgIpc) is 3.90. The Hall–Kier alpha value is -5.40. The summed E-state index contributed by atoms with van der Waals surface area (Å²) in [6.45, 7) is 5.44.